The summed E-state index contributed by atoms with van der Waals surface area (Å²) in [6.45, 7) is 0. The number of hydrogen-bond donors (Lipinski definition) is 1. The van der Waals surface area contributed by atoms with Crippen LogP contribution in [0.15, 0.2) is 28.9 Å². The van der Waals surface area contributed by atoms with Crippen molar-refractivity contribution in [1.29, 1.82) is 0 Å². The highest BCUT2D eigenvalue weighted by atomic mass is 35.5. The molecule has 3 unspecified atom stereocenters. The molecular formula is C17H23ClN2OS. The largest absolute Gasteiger partial charge is 0.353 e. The second-order valence-corrected chi connectivity index (χ2v) is 7.99. The first-order chi connectivity index (χ1) is 10.3. The smallest absolute Gasteiger partial charge is 0.224 e. The zero-order valence-electron chi connectivity index (χ0n) is 12.7. The van der Waals surface area contributed by atoms with Gasteiger partial charge in [-0.05, 0) is 37.7 Å². The van der Waals surface area contributed by atoms with Crippen molar-refractivity contribution in [2.24, 2.45) is 16.8 Å². The molecule has 3 atom stereocenters. The Balaban J connectivity index is 0.00000144. The van der Waals surface area contributed by atoms with Crippen LogP contribution in [-0.4, -0.2) is 28.7 Å². The zero-order chi connectivity index (χ0) is 14.3. The third kappa shape index (κ3) is 2.54. The van der Waals surface area contributed by atoms with Crippen molar-refractivity contribution in [1.82, 2.24) is 5.32 Å². The number of hydrogen-bond acceptors (Lipinski definition) is 3. The lowest BCUT2D eigenvalue weighted by Crippen LogP contribution is -2.45. The zero-order valence-corrected chi connectivity index (χ0v) is 14.3. The van der Waals surface area contributed by atoms with Crippen molar-refractivity contribution in [3.63, 3.8) is 0 Å². The second kappa shape index (κ2) is 6.40. The van der Waals surface area contributed by atoms with Crippen LogP contribution in [0.1, 0.15) is 38.5 Å². The highest BCUT2D eigenvalue weighted by Gasteiger charge is 2.54. The molecule has 1 amide bonds. The molecule has 4 aliphatic rings. The third-order valence-electron chi connectivity index (χ3n) is 5.48. The van der Waals surface area contributed by atoms with Gasteiger partial charge in [0, 0.05) is 18.0 Å². The average molecular weight is 339 g/mol. The number of carbonyl (C=O) groups excluding carboxylic acids is 1. The van der Waals surface area contributed by atoms with E-state index in [4.69, 9.17) is 0 Å². The summed E-state index contributed by atoms with van der Waals surface area (Å²) >= 11 is 1.96. The summed E-state index contributed by atoms with van der Waals surface area (Å²) in [6.07, 6.45) is 15.3. The Morgan fingerprint density at radius 1 is 1.36 bits per heavy atom. The van der Waals surface area contributed by atoms with Crippen molar-refractivity contribution in [3.05, 3.63) is 23.9 Å². The predicted molar refractivity (Wildman–Crippen MR) is 94.8 cm³/mol. The van der Waals surface area contributed by atoms with E-state index in [1.165, 1.54) is 18.5 Å². The lowest BCUT2D eigenvalue weighted by molar-refractivity contribution is -0.126. The summed E-state index contributed by atoms with van der Waals surface area (Å²) in [5.41, 5.74) is 1.18. The number of rotatable bonds is 2. The van der Waals surface area contributed by atoms with Crippen LogP contribution in [0.3, 0.4) is 0 Å². The predicted octanol–water partition coefficient (Wildman–Crippen LogP) is 3.50. The van der Waals surface area contributed by atoms with Gasteiger partial charge in [0.15, 0.2) is 0 Å². The molecule has 2 heterocycles. The molecule has 120 valence electrons. The molecule has 1 saturated carbocycles. The van der Waals surface area contributed by atoms with Crippen LogP contribution >= 0.6 is 24.2 Å². The highest BCUT2D eigenvalue weighted by molar-refractivity contribution is 8.01. The Morgan fingerprint density at radius 2 is 2.18 bits per heavy atom. The van der Waals surface area contributed by atoms with Crippen LogP contribution in [0, 0.1) is 11.8 Å². The lowest BCUT2D eigenvalue weighted by Gasteiger charge is -2.39. The molecule has 1 saturated heterocycles. The molecule has 0 aromatic heterocycles. The van der Waals surface area contributed by atoms with Crippen LogP contribution < -0.4 is 5.32 Å². The highest BCUT2D eigenvalue weighted by Crippen LogP contribution is 2.57. The van der Waals surface area contributed by atoms with Gasteiger partial charge in [-0.1, -0.05) is 25.0 Å². The van der Waals surface area contributed by atoms with Gasteiger partial charge in [-0.25, -0.2) is 0 Å². The monoisotopic (exact) mass is 338 g/mol. The van der Waals surface area contributed by atoms with Crippen molar-refractivity contribution in [3.8, 4) is 0 Å². The topological polar surface area (TPSA) is 41.5 Å². The first-order valence-electron chi connectivity index (χ1n) is 8.14. The maximum atomic E-state index is 12.7. The standard InChI is InChI=1S/C17H22N2OS.ClH/c20-16(19-12-5-1-2-6-12)13-11-21-17-9-4-3-7-15(17)18-10-8-14(13)17;/h3-4,7,10,12-14H,1-2,5-6,8-9,11H2,(H,19,20);1H. The molecular weight excluding hydrogens is 316 g/mol. The van der Waals surface area contributed by atoms with E-state index in [1.807, 2.05) is 18.0 Å². The van der Waals surface area contributed by atoms with E-state index < -0.39 is 0 Å². The van der Waals surface area contributed by atoms with Gasteiger partial charge in [-0.15, -0.1) is 24.2 Å². The van der Waals surface area contributed by atoms with E-state index in [1.54, 1.807) is 0 Å². The van der Waals surface area contributed by atoms with Crippen molar-refractivity contribution < 1.29 is 4.79 Å². The van der Waals surface area contributed by atoms with E-state index in [0.717, 1.165) is 31.4 Å². The van der Waals surface area contributed by atoms with E-state index >= 15 is 0 Å². The van der Waals surface area contributed by atoms with Gasteiger partial charge in [-0.2, -0.15) is 0 Å². The Morgan fingerprint density at radius 3 is 3.00 bits per heavy atom. The van der Waals surface area contributed by atoms with E-state index in [9.17, 15) is 4.79 Å². The van der Waals surface area contributed by atoms with Crippen LogP contribution in [0.2, 0.25) is 0 Å². The third-order valence-corrected chi connectivity index (χ3v) is 7.20. The minimum absolute atomic E-state index is 0. The molecule has 0 aromatic rings. The van der Waals surface area contributed by atoms with Gasteiger partial charge < -0.3 is 5.32 Å². The summed E-state index contributed by atoms with van der Waals surface area (Å²) in [5, 5.41) is 3.31. The van der Waals surface area contributed by atoms with Gasteiger partial charge in [0.1, 0.15) is 0 Å². The molecule has 2 aliphatic heterocycles. The quantitative estimate of drug-likeness (QED) is 0.837. The lowest BCUT2D eigenvalue weighted by atomic mass is 9.73. The number of nitrogens with zero attached hydrogens (tertiary/aromatic N) is 1. The molecule has 0 radical (unpaired) electrons. The molecule has 3 nitrogen and oxygen atoms in total. The molecule has 1 N–H and O–H groups in total. The molecule has 1 spiro atoms. The molecule has 0 bridgehead atoms. The van der Waals surface area contributed by atoms with Crippen LogP contribution in [0.5, 0.6) is 0 Å². The number of allylic oxidation sites excluding steroid dienone is 3. The normalized spacial score (nSPS) is 36.3. The number of halogens is 1. The number of thioether (sulfide) groups is 1. The van der Waals surface area contributed by atoms with Gasteiger partial charge in [-0.3, -0.25) is 9.79 Å². The minimum Gasteiger partial charge on any atom is -0.353 e. The summed E-state index contributed by atoms with van der Waals surface area (Å²) in [7, 11) is 0. The summed E-state index contributed by atoms with van der Waals surface area (Å²) in [4.78, 5) is 17.3. The second-order valence-electron chi connectivity index (χ2n) is 6.64. The molecule has 2 fully saturated rings. The van der Waals surface area contributed by atoms with Crippen molar-refractivity contribution >= 4 is 36.3 Å². The van der Waals surface area contributed by atoms with Gasteiger partial charge in [0.2, 0.25) is 5.91 Å². The minimum atomic E-state index is 0. The fraction of sp³-hybridized carbons (Fsp3) is 0.647. The average Bonchev–Trinajstić information content (AvgIpc) is 3.13. The van der Waals surface area contributed by atoms with Gasteiger partial charge in [0.25, 0.3) is 0 Å². The molecule has 2 aliphatic carbocycles. The summed E-state index contributed by atoms with van der Waals surface area (Å²) in [6, 6.07) is 0.428. The fourth-order valence-electron chi connectivity index (χ4n) is 4.32. The molecule has 5 heteroatoms. The van der Waals surface area contributed by atoms with Crippen LogP contribution in [0.25, 0.3) is 0 Å². The first kappa shape index (κ1) is 16.1. The molecule has 22 heavy (non-hydrogen) atoms. The Bertz CT molecular complexity index is 539. The van der Waals surface area contributed by atoms with Gasteiger partial charge in [0.05, 0.1) is 16.4 Å². The number of nitrogens with one attached hydrogen (secondary N) is 1. The number of amides is 1. The van der Waals surface area contributed by atoms with Crippen molar-refractivity contribution in [2.75, 3.05) is 5.75 Å². The van der Waals surface area contributed by atoms with Crippen LogP contribution in [-0.2, 0) is 4.79 Å². The van der Waals surface area contributed by atoms with Crippen molar-refractivity contribution in [2.45, 2.75) is 49.3 Å². The maximum absolute atomic E-state index is 12.7. The first-order valence-corrected chi connectivity index (χ1v) is 9.12. The maximum Gasteiger partial charge on any atom is 0.224 e. The summed E-state index contributed by atoms with van der Waals surface area (Å²) < 4.78 is 0.0706. The van der Waals surface area contributed by atoms with E-state index in [-0.39, 0.29) is 23.1 Å². The fourth-order valence-corrected chi connectivity index (χ4v) is 6.14. The summed E-state index contributed by atoms with van der Waals surface area (Å²) in [5.74, 6) is 1.80. The molecule has 0 aromatic carbocycles. The number of carbonyl (C=O) groups is 1. The molecule has 4 rings (SSSR count). The van der Waals surface area contributed by atoms with E-state index in [2.05, 4.69) is 28.5 Å². The van der Waals surface area contributed by atoms with Gasteiger partial charge >= 0.3 is 0 Å². The SMILES string of the molecule is Cl.O=C(NC1CCCC1)C1CSC23CC=CC=C2N=CCC13. The Labute approximate surface area is 142 Å². The van der Waals surface area contributed by atoms with E-state index in [0.29, 0.717) is 17.9 Å². The number of aliphatic imine (C=N–C) groups is 1. The Kier molecular flexibility index (Phi) is 4.69. The van der Waals surface area contributed by atoms with Crippen LogP contribution in [0.4, 0.5) is 0 Å². The Hall–Kier alpha value is -0.740.